The summed E-state index contributed by atoms with van der Waals surface area (Å²) >= 11 is 1.65. The van der Waals surface area contributed by atoms with Crippen LogP contribution in [0.15, 0.2) is 53.7 Å². The molecular weight excluding hydrogens is 374 g/mol. The zero-order valence-electron chi connectivity index (χ0n) is 15.2. The molecule has 3 aromatic rings. The van der Waals surface area contributed by atoms with Crippen molar-refractivity contribution in [2.45, 2.75) is 36.2 Å². The molecule has 1 fully saturated rings. The second-order valence-corrected chi connectivity index (χ2v) is 8.23. The van der Waals surface area contributed by atoms with Crippen LogP contribution in [0.5, 0.6) is 11.5 Å². The van der Waals surface area contributed by atoms with Crippen LogP contribution >= 0.6 is 11.8 Å². The van der Waals surface area contributed by atoms with Gasteiger partial charge < -0.3 is 9.47 Å². The number of rotatable bonds is 5. The highest BCUT2D eigenvalue weighted by atomic mass is 32.2. The molecule has 0 radical (unpaired) electrons. The lowest BCUT2D eigenvalue weighted by Crippen LogP contribution is -2.06. The lowest BCUT2D eigenvalue weighted by atomic mass is 10.2. The van der Waals surface area contributed by atoms with Crippen molar-refractivity contribution in [2.24, 2.45) is 0 Å². The van der Waals surface area contributed by atoms with Gasteiger partial charge in [0.15, 0.2) is 22.5 Å². The molecule has 0 N–H and O–H groups in total. The maximum atomic E-state index is 11.7. The van der Waals surface area contributed by atoms with Crippen molar-refractivity contribution < 1.29 is 14.3 Å². The standard InChI is InChI=1S/C21H19N3O3S/c25-16-7-8-17(11-16)28-21-23-22-20(15-4-2-1-3-5-15)24(21)12-14-6-9-18-19(10-14)27-13-26-18/h1-6,9-10,17H,7-8,11-13H2/t17-/m1/s1. The van der Waals surface area contributed by atoms with E-state index in [-0.39, 0.29) is 12.0 Å². The third kappa shape index (κ3) is 3.38. The SMILES string of the molecule is O=C1CC[C@@H](Sc2nnc(-c3ccccc3)n2Cc2ccc3c(c2)OCO3)C1. The number of carbonyl (C=O) groups excluding carboxylic acids is 1. The predicted molar refractivity (Wildman–Crippen MR) is 106 cm³/mol. The van der Waals surface area contributed by atoms with Gasteiger partial charge in [0.1, 0.15) is 5.78 Å². The molecule has 2 heterocycles. The summed E-state index contributed by atoms with van der Waals surface area (Å²) < 4.78 is 13.1. The van der Waals surface area contributed by atoms with Crippen molar-refractivity contribution in [1.29, 1.82) is 0 Å². The topological polar surface area (TPSA) is 66.2 Å². The highest BCUT2D eigenvalue weighted by Crippen LogP contribution is 2.36. The van der Waals surface area contributed by atoms with Crippen molar-refractivity contribution in [3.63, 3.8) is 0 Å². The maximum absolute atomic E-state index is 11.7. The predicted octanol–water partition coefficient (Wildman–Crippen LogP) is 3.94. The number of fused-ring (bicyclic) bond motifs is 1. The van der Waals surface area contributed by atoms with E-state index in [1.807, 2.05) is 48.5 Å². The number of benzene rings is 2. The van der Waals surface area contributed by atoms with Crippen LogP contribution in [0.25, 0.3) is 11.4 Å². The van der Waals surface area contributed by atoms with Gasteiger partial charge in [-0.1, -0.05) is 48.2 Å². The quantitative estimate of drug-likeness (QED) is 0.654. The van der Waals surface area contributed by atoms with Crippen LogP contribution in [0.3, 0.4) is 0 Å². The van der Waals surface area contributed by atoms with Crippen LogP contribution in [0.1, 0.15) is 24.8 Å². The second kappa shape index (κ2) is 7.31. The molecule has 6 nitrogen and oxygen atoms in total. The van der Waals surface area contributed by atoms with Crippen LogP contribution in [0.4, 0.5) is 0 Å². The Morgan fingerprint density at radius 2 is 1.93 bits per heavy atom. The zero-order chi connectivity index (χ0) is 18.9. The molecule has 1 aliphatic heterocycles. The first-order chi connectivity index (χ1) is 13.8. The van der Waals surface area contributed by atoms with E-state index in [4.69, 9.17) is 9.47 Å². The molecule has 28 heavy (non-hydrogen) atoms. The van der Waals surface area contributed by atoms with Gasteiger partial charge in [-0.2, -0.15) is 0 Å². The van der Waals surface area contributed by atoms with Crippen molar-refractivity contribution >= 4 is 17.5 Å². The van der Waals surface area contributed by atoms with Gasteiger partial charge in [0.05, 0.1) is 6.54 Å². The first-order valence-corrected chi connectivity index (χ1v) is 10.2. The fourth-order valence-corrected chi connectivity index (χ4v) is 4.74. The number of hydrogen-bond donors (Lipinski definition) is 0. The average Bonchev–Trinajstić information content (AvgIpc) is 3.44. The van der Waals surface area contributed by atoms with E-state index in [1.54, 1.807) is 11.8 Å². The van der Waals surface area contributed by atoms with Gasteiger partial charge in [-0.05, 0) is 24.1 Å². The molecule has 1 aliphatic carbocycles. The normalized spacial score (nSPS) is 18.0. The second-order valence-electron chi connectivity index (χ2n) is 6.97. The fraction of sp³-hybridized carbons (Fsp3) is 0.286. The molecule has 0 spiro atoms. The maximum Gasteiger partial charge on any atom is 0.231 e. The number of Topliss-reactive ketones (excluding diaryl/α,β-unsaturated/α-hetero) is 1. The molecular formula is C21H19N3O3S. The molecule has 2 aromatic carbocycles. The summed E-state index contributed by atoms with van der Waals surface area (Å²) in [6.07, 6.45) is 2.18. The Labute approximate surface area is 166 Å². The van der Waals surface area contributed by atoms with Gasteiger partial charge in [0.25, 0.3) is 0 Å². The van der Waals surface area contributed by atoms with Gasteiger partial charge in [0.2, 0.25) is 6.79 Å². The van der Waals surface area contributed by atoms with Gasteiger partial charge in [-0.3, -0.25) is 9.36 Å². The van der Waals surface area contributed by atoms with E-state index in [9.17, 15) is 4.79 Å². The molecule has 0 unspecified atom stereocenters. The highest BCUT2D eigenvalue weighted by Gasteiger charge is 2.26. The average molecular weight is 393 g/mol. The van der Waals surface area contributed by atoms with E-state index in [1.165, 1.54) is 0 Å². The van der Waals surface area contributed by atoms with E-state index < -0.39 is 0 Å². The molecule has 5 rings (SSSR count). The first-order valence-electron chi connectivity index (χ1n) is 9.32. The van der Waals surface area contributed by atoms with Crippen molar-refractivity contribution in [2.75, 3.05) is 6.79 Å². The Bertz CT molecular complexity index is 1020. The molecule has 0 bridgehead atoms. The minimum absolute atomic E-state index is 0.261. The number of ketones is 1. The number of aromatic nitrogens is 3. The number of ether oxygens (including phenoxy) is 2. The van der Waals surface area contributed by atoms with E-state index in [2.05, 4.69) is 14.8 Å². The minimum atomic E-state index is 0.261. The van der Waals surface area contributed by atoms with E-state index in [0.717, 1.165) is 40.0 Å². The van der Waals surface area contributed by atoms with Crippen molar-refractivity contribution in [3.05, 3.63) is 54.1 Å². The monoisotopic (exact) mass is 393 g/mol. The summed E-state index contributed by atoms with van der Waals surface area (Å²) in [7, 11) is 0. The van der Waals surface area contributed by atoms with Crippen LogP contribution in [0.2, 0.25) is 0 Å². The number of hydrogen-bond acceptors (Lipinski definition) is 6. The largest absolute Gasteiger partial charge is 0.454 e. The molecule has 0 saturated heterocycles. The van der Waals surface area contributed by atoms with Crippen LogP contribution in [-0.4, -0.2) is 32.6 Å². The van der Waals surface area contributed by atoms with Crippen LogP contribution in [0, 0.1) is 0 Å². The fourth-order valence-electron chi connectivity index (χ4n) is 3.57. The number of thioether (sulfide) groups is 1. The lowest BCUT2D eigenvalue weighted by Gasteiger charge is -2.13. The Kier molecular flexibility index (Phi) is 4.52. The van der Waals surface area contributed by atoms with Crippen LogP contribution < -0.4 is 9.47 Å². The third-order valence-corrected chi connectivity index (χ3v) is 6.25. The van der Waals surface area contributed by atoms with E-state index in [0.29, 0.717) is 25.2 Å². The number of nitrogens with zero attached hydrogens (tertiary/aromatic N) is 3. The smallest absolute Gasteiger partial charge is 0.231 e. The molecule has 0 amide bonds. The molecule has 1 saturated carbocycles. The third-order valence-electron chi connectivity index (χ3n) is 5.00. The summed E-state index contributed by atoms with van der Waals surface area (Å²) in [5.41, 5.74) is 2.11. The molecule has 1 atom stereocenters. The molecule has 7 heteroatoms. The van der Waals surface area contributed by atoms with Gasteiger partial charge in [0, 0.05) is 23.7 Å². The summed E-state index contributed by atoms with van der Waals surface area (Å²) in [6.45, 7) is 0.883. The first kappa shape index (κ1) is 17.3. The number of carbonyl (C=O) groups is 1. The zero-order valence-corrected chi connectivity index (χ0v) is 16.0. The molecule has 2 aliphatic rings. The summed E-state index contributed by atoms with van der Waals surface area (Å²) in [5.74, 6) is 2.70. The summed E-state index contributed by atoms with van der Waals surface area (Å²) in [4.78, 5) is 11.7. The van der Waals surface area contributed by atoms with Gasteiger partial charge >= 0.3 is 0 Å². The summed E-state index contributed by atoms with van der Waals surface area (Å²) in [6, 6.07) is 16.0. The van der Waals surface area contributed by atoms with Gasteiger partial charge in [-0.15, -0.1) is 10.2 Å². The van der Waals surface area contributed by atoms with Crippen molar-refractivity contribution in [3.8, 4) is 22.9 Å². The Balaban J connectivity index is 1.49. The lowest BCUT2D eigenvalue weighted by molar-refractivity contribution is -0.117. The van der Waals surface area contributed by atoms with Crippen LogP contribution in [-0.2, 0) is 11.3 Å². The van der Waals surface area contributed by atoms with E-state index >= 15 is 0 Å². The summed E-state index contributed by atoms with van der Waals surface area (Å²) in [5, 5.41) is 10.0. The molecule has 142 valence electrons. The molecule has 1 aromatic heterocycles. The Morgan fingerprint density at radius 3 is 2.75 bits per heavy atom. The minimum Gasteiger partial charge on any atom is -0.454 e. The Hall–Kier alpha value is -2.80. The van der Waals surface area contributed by atoms with Crippen molar-refractivity contribution in [1.82, 2.24) is 14.8 Å². The highest BCUT2D eigenvalue weighted by molar-refractivity contribution is 7.99. The van der Waals surface area contributed by atoms with Gasteiger partial charge in [-0.25, -0.2) is 0 Å². The Morgan fingerprint density at radius 1 is 1.07 bits per heavy atom.